The van der Waals surface area contributed by atoms with Crippen LogP contribution in [0.4, 0.5) is 17.1 Å². The molecule has 0 bridgehead atoms. The number of ether oxygens (including phenoxy) is 3. The molecule has 4 nitrogen and oxygen atoms in total. The van der Waals surface area contributed by atoms with Crippen LogP contribution in [-0.2, 0) is 0 Å². The van der Waals surface area contributed by atoms with Gasteiger partial charge in [-0.05, 0) is 79.2 Å². The third kappa shape index (κ3) is 5.69. The first kappa shape index (κ1) is 21.6. The van der Waals surface area contributed by atoms with Gasteiger partial charge >= 0.3 is 0 Å². The maximum absolute atomic E-state index is 5.91. The molecule has 0 aromatic heterocycles. The fourth-order valence-electron chi connectivity index (χ4n) is 3.32. The second-order valence-electron chi connectivity index (χ2n) is 7.13. The lowest BCUT2D eigenvalue weighted by Crippen LogP contribution is -2.10. The van der Waals surface area contributed by atoms with Crippen molar-refractivity contribution < 1.29 is 14.2 Å². The average Bonchev–Trinajstić information content (AvgIpc) is 2.81. The molecule has 3 aromatic rings. The number of nitrogens with zero attached hydrogens (tertiary/aromatic N) is 1. The summed E-state index contributed by atoms with van der Waals surface area (Å²) in [5.41, 5.74) is 3.16. The monoisotopic (exact) mass is 405 g/mol. The molecule has 3 rings (SSSR count). The summed E-state index contributed by atoms with van der Waals surface area (Å²) in [6.45, 7) is 2.98. The SMILES string of the molecule is CCCCCCOc1ccc(N(c2ccc(OC)cc2)c2ccc(OC)cc2)cc1. The summed E-state index contributed by atoms with van der Waals surface area (Å²) >= 11 is 0. The third-order valence-electron chi connectivity index (χ3n) is 5.02. The Morgan fingerprint density at radius 2 is 1.00 bits per heavy atom. The number of hydrogen-bond donors (Lipinski definition) is 0. The molecule has 0 N–H and O–H groups in total. The van der Waals surface area contributed by atoms with E-state index in [4.69, 9.17) is 14.2 Å². The second-order valence-corrected chi connectivity index (χ2v) is 7.13. The molecule has 3 aromatic carbocycles. The molecule has 0 aliphatic rings. The highest BCUT2D eigenvalue weighted by atomic mass is 16.5. The van der Waals surface area contributed by atoms with Crippen LogP contribution in [0.5, 0.6) is 17.2 Å². The fourth-order valence-corrected chi connectivity index (χ4v) is 3.32. The Morgan fingerprint density at radius 3 is 1.40 bits per heavy atom. The first-order valence-corrected chi connectivity index (χ1v) is 10.6. The molecule has 0 amide bonds. The van der Waals surface area contributed by atoms with E-state index in [0.29, 0.717) is 0 Å². The third-order valence-corrected chi connectivity index (χ3v) is 5.02. The van der Waals surface area contributed by atoms with Gasteiger partial charge in [0.05, 0.1) is 20.8 Å². The zero-order valence-electron chi connectivity index (χ0n) is 18.1. The Balaban J connectivity index is 1.82. The van der Waals surface area contributed by atoms with E-state index in [1.54, 1.807) is 14.2 Å². The standard InChI is InChI=1S/C26H31NO3/c1-4-5-6-7-20-30-26-18-12-23(13-19-26)27(21-8-14-24(28-2)15-9-21)22-10-16-25(29-3)17-11-22/h8-19H,4-7,20H2,1-3H3. The van der Waals surface area contributed by atoms with E-state index in [1.807, 2.05) is 36.4 Å². The summed E-state index contributed by atoms with van der Waals surface area (Å²) in [5, 5.41) is 0. The smallest absolute Gasteiger partial charge is 0.119 e. The molecule has 4 heteroatoms. The lowest BCUT2D eigenvalue weighted by Gasteiger charge is -2.26. The maximum atomic E-state index is 5.91. The fraction of sp³-hybridized carbons (Fsp3) is 0.308. The maximum Gasteiger partial charge on any atom is 0.119 e. The molecule has 0 spiro atoms. The molecule has 0 fully saturated rings. The van der Waals surface area contributed by atoms with Crippen LogP contribution in [-0.4, -0.2) is 20.8 Å². The highest BCUT2D eigenvalue weighted by Gasteiger charge is 2.13. The zero-order valence-corrected chi connectivity index (χ0v) is 18.1. The van der Waals surface area contributed by atoms with E-state index in [2.05, 4.69) is 48.2 Å². The minimum atomic E-state index is 0.764. The zero-order chi connectivity index (χ0) is 21.2. The topological polar surface area (TPSA) is 30.9 Å². The first-order chi connectivity index (χ1) is 14.7. The predicted octanol–water partition coefficient (Wildman–Crippen LogP) is 7.13. The van der Waals surface area contributed by atoms with Crippen molar-refractivity contribution in [1.29, 1.82) is 0 Å². The molecule has 0 aliphatic heterocycles. The van der Waals surface area contributed by atoms with E-state index in [-0.39, 0.29) is 0 Å². The summed E-state index contributed by atoms with van der Waals surface area (Å²) in [7, 11) is 3.36. The number of anilines is 3. The summed E-state index contributed by atoms with van der Waals surface area (Å²) in [5.74, 6) is 2.57. The summed E-state index contributed by atoms with van der Waals surface area (Å²) in [4.78, 5) is 2.20. The van der Waals surface area contributed by atoms with Crippen molar-refractivity contribution in [2.75, 3.05) is 25.7 Å². The van der Waals surface area contributed by atoms with Gasteiger partial charge in [0.2, 0.25) is 0 Å². The van der Waals surface area contributed by atoms with E-state index >= 15 is 0 Å². The van der Waals surface area contributed by atoms with Crippen molar-refractivity contribution >= 4 is 17.1 Å². The number of methoxy groups -OCH3 is 2. The van der Waals surface area contributed by atoms with E-state index < -0.39 is 0 Å². The van der Waals surface area contributed by atoms with Crippen LogP contribution < -0.4 is 19.1 Å². The summed E-state index contributed by atoms with van der Waals surface area (Å²) in [6, 6.07) is 24.4. The predicted molar refractivity (Wildman–Crippen MR) is 124 cm³/mol. The van der Waals surface area contributed by atoms with Crippen LogP contribution in [0.25, 0.3) is 0 Å². The lowest BCUT2D eigenvalue weighted by molar-refractivity contribution is 0.305. The molecule has 0 atom stereocenters. The van der Waals surface area contributed by atoms with Crippen LogP contribution in [0, 0.1) is 0 Å². The lowest BCUT2D eigenvalue weighted by atomic mass is 10.2. The van der Waals surface area contributed by atoms with Gasteiger partial charge in [0, 0.05) is 17.1 Å². The Labute approximate surface area is 180 Å². The normalized spacial score (nSPS) is 10.5. The van der Waals surface area contributed by atoms with Gasteiger partial charge in [-0.15, -0.1) is 0 Å². The molecule has 30 heavy (non-hydrogen) atoms. The number of hydrogen-bond acceptors (Lipinski definition) is 4. The van der Waals surface area contributed by atoms with Crippen LogP contribution in [0.1, 0.15) is 32.6 Å². The Kier molecular flexibility index (Phi) is 8.02. The van der Waals surface area contributed by atoms with Crippen LogP contribution >= 0.6 is 0 Å². The van der Waals surface area contributed by atoms with Crippen molar-refractivity contribution in [3.05, 3.63) is 72.8 Å². The quantitative estimate of drug-likeness (QED) is 0.317. The van der Waals surface area contributed by atoms with Crippen molar-refractivity contribution in [2.24, 2.45) is 0 Å². The number of rotatable bonds is 11. The largest absolute Gasteiger partial charge is 0.497 e. The van der Waals surface area contributed by atoms with Gasteiger partial charge in [0.25, 0.3) is 0 Å². The minimum Gasteiger partial charge on any atom is -0.497 e. The van der Waals surface area contributed by atoms with Crippen molar-refractivity contribution in [2.45, 2.75) is 32.6 Å². The van der Waals surface area contributed by atoms with E-state index in [9.17, 15) is 0 Å². The van der Waals surface area contributed by atoms with E-state index in [0.717, 1.165) is 47.3 Å². The summed E-state index contributed by atoms with van der Waals surface area (Å²) < 4.78 is 16.5. The highest BCUT2D eigenvalue weighted by molar-refractivity contribution is 5.77. The van der Waals surface area contributed by atoms with Crippen LogP contribution in [0.2, 0.25) is 0 Å². The molecule has 0 aliphatic carbocycles. The van der Waals surface area contributed by atoms with Gasteiger partial charge in [0.1, 0.15) is 17.2 Å². The van der Waals surface area contributed by atoms with Crippen LogP contribution in [0.15, 0.2) is 72.8 Å². The molecule has 0 unspecified atom stereocenters. The average molecular weight is 406 g/mol. The molecule has 0 saturated carbocycles. The molecule has 0 saturated heterocycles. The minimum absolute atomic E-state index is 0.764. The first-order valence-electron chi connectivity index (χ1n) is 10.6. The van der Waals surface area contributed by atoms with Crippen molar-refractivity contribution in [3.8, 4) is 17.2 Å². The van der Waals surface area contributed by atoms with Gasteiger partial charge in [0.15, 0.2) is 0 Å². The summed E-state index contributed by atoms with van der Waals surface area (Å²) in [6.07, 6.45) is 4.82. The van der Waals surface area contributed by atoms with Gasteiger partial charge in [-0.25, -0.2) is 0 Å². The molecular weight excluding hydrogens is 374 g/mol. The van der Waals surface area contributed by atoms with Crippen molar-refractivity contribution in [1.82, 2.24) is 0 Å². The Hall–Kier alpha value is -3.14. The Morgan fingerprint density at radius 1 is 0.567 bits per heavy atom. The highest BCUT2D eigenvalue weighted by Crippen LogP contribution is 2.36. The molecular formula is C26H31NO3. The van der Waals surface area contributed by atoms with E-state index in [1.165, 1.54) is 19.3 Å². The van der Waals surface area contributed by atoms with Gasteiger partial charge in [-0.3, -0.25) is 0 Å². The second kappa shape index (κ2) is 11.1. The van der Waals surface area contributed by atoms with Gasteiger partial charge in [-0.1, -0.05) is 26.2 Å². The molecule has 0 radical (unpaired) electrons. The molecule has 158 valence electrons. The van der Waals surface area contributed by atoms with Crippen molar-refractivity contribution in [3.63, 3.8) is 0 Å². The number of benzene rings is 3. The molecule has 0 heterocycles. The van der Waals surface area contributed by atoms with Gasteiger partial charge < -0.3 is 19.1 Å². The van der Waals surface area contributed by atoms with Gasteiger partial charge in [-0.2, -0.15) is 0 Å². The Bertz CT molecular complexity index is 826. The number of unbranched alkanes of at least 4 members (excludes halogenated alkanes) is 3. The van der Waals surface area contributed by atoms with Crippen LogP contribution in [0.3, 0.4) is 0 Å².